The largest absolute Gasteiger partial charge is 0.493 e. The van der Waals surface area contributed by atoms with Crippen LogP contribution in [0.15, 0.2) is 36.4 Å². The third kappa shape index (κ3) is 4.90. The fraction of sp³-hybridized carbons (Fsp3) is 0.417. The minimum atomic E-state index is -0.383. The van der Waals surface area contributed by atoms with E-state index in [0.29, 0.717) is 48.2 Å². The van der Waals surface area contributed by atoms with E-state index in [9.17, 15) is 9.59 Å². The number of benzene rings is 2. The molecule has 32 heavy (non-hydrogen) atoms. The minimum Gasteiger partial charge on any atom is -0.493 e. The van der Waals surface area contributed by atoms with Crippen molar-refractivity contribution < 1.29 is 28.5 Å². The van der Waals surface area contributed by atoms with Crippen molar-refractivity contribution in [2.45, 2.75) is 12.8 Å². The Labute approximate surface area is 188 Å². The number of ether oxygens (including phenoxy) is 4. The molecule has 1 unspecified atom stereocenters. The van der Waals surface area contributed by atoms with Crippen LogP contribution in [0.1, 0.15) is 12.0 Å². The van der Waals surface area contributed by atoms with Crippen molar-refractivity contribution in [1.29, 1.82) is 0 Å². The van der Waals surface area contributed by atoms with Crippen LogP contribution in [0.3, 0.4) is 0 Å². The van der Waals surface area contributed by atoms with Gasteiger partial charge in [-0.1, -0.05) is 6.07 Å². The van der Waals surface area contributed by atoms with Crippen molar-refractivity contribution in [1.82, 2.24) is 4.90 Å². The molecule has 2 aromatic rings. The number of likely N-dealkylation sites (N-methyl/N-ethyl adjacent to an activating group) is 1. The quantitative estimate of drug-likeness (QED) is 0.594. The third-order valence-electron chi connectivity index (χ3n) is 5.71. The van der Waals surface area contributed by atoms with E-state index in [1.165, 1.54) is 0 Å². The highest BCUT2D eigenvalue weighted by Crippen LogP contribution is 2.34. The van der Waals surface area contributed by atoms with Crippen molar-refractivity contribution in [3.05, 3.63) is 42.0 Å². The van der Waals surface area contributed by atoms with Gasteiger partial charge >= 0.3 is 0 Å². The maximum Gasteiger partial charge on any atom is 0.227 e. The van der Waals surface area contributed by atoms with Crippen molar-refractivity contribution >= 4 is 17.5 Å². The molecule has 2 amide bonds. The molecule has 1 heterocycles. The van der Waals surface area contributed by atoms with Crippen molar-refractivity contribution in [3.8, 4) is 23.0 Å². The normalized spacial score (nSPS) is 15.5. The summed E-state index contributed by atoms with van der Waals surface area (Å²) in [4.78, 5) is 28.9. The van der Waals surface area contributed by atoms with E-state index in [0.717, 1.165) is 5.56 Å². The van der Waals surface area contributed by atoms with Crippen LogP contribution >= 0.6 is 0 Å². The lowest BCUT2D eigenvalue weighted by Crippen LogP contribution is -2.36. The van der Waals surface area contributed by atoms with Crippen molar-refractivity contribution in [3.63, 3.8) is 0 Å². The number of nitrogens with zero attached hydrogens (tertiary/aromatic N) is 2. The van der Waals surface area contributed by atoms with Gasteiger partial charge in [0.1, 0.15) is 0 Å². The number of anilines is 1. The number of carbonyl (C=O) groups is 2. The van der Waals surface area contributed by atoms with Crippen LogP contribution in [0.2, 0.25) is 0 Å². The van der Waals surface area contributed by atoms with Crippen molar-refractivity contribution in [2.24, 2.45) is 5.92 Å². The molecule has 1 aliphatic rings. The molecule has 0 bridgehead atoms. The van der Waals surface area contributed by atoms with Crippen LogP contribution in [0.4, 0.5) is 5.69 Å². The highest BCUT2D eigenvalue weighted by atomic mass is 16.5. The van der Waals surface area contributed by atoms with Crippen LogP contribution in [-0.4, -0.2) is 65.3 Å². The molecule has 1 saturated heterocycles. The molecule has 172 valence electrons. The fourth-order valence-corrected chi connectivity index (χ4v) is 3.87. The molecule has 3 rings (SSSR count). The monoisotopic (exact) mass is 442 g/mol. The summed E-state index contributed by atoms with van der Waals surface area (Å²) in [5.74, 6) is 1.95. The van der Waals surface area contributed by atoms with Crippen molar-refractivity contribution in [2.75, 3.05) is 53.5 Å². The molecule has 1 fully saturated rings. The van der Waals surface area contributed by atoms with Gasteiger partial charge in [-0.2, -0.15) is 0 Å². The lowest BCUT2D eigenvalue weighted by Gasteiger charge is -2.22. The molecule has 1 atom stereocenters. The number of rotatable bonds is 9. The van der Waals surface area contributed by atoms with E-state index in [2.05, 4.69) is 0 Å². The maximum absolute atomic E-state index is 13.0. The van der Waals surface area contributed by atoms with Gasteiger partial charge in [0.25, 0.3) is 0 Å². The number of hydrogen-bond acceptors (Lipinski definition) is 6. The van der Waals surface area contributed by atoms with E-state index in [4.69, 9.17) is 18.9 Å². The van der Waals surface area contributed by atoms with Crippen LogP contribution in [0.25, 0.3) is 0 Å². The molecule has 0 radical (unpaired) electrons. The maximum atomic E-state index is 13.0. The second-order valence-corrected chi connectivity index (χ2v) is 7.64. The lowest BCUT2D eigenvalue weighted by molar-refractivity contribution is -0.134. The molecular weight excluding hydrogens is 412 g/mol. The summed E-state index contributed by atoms with van der Waals surface area (Å²) in [5.41, 5.74) is 1.73. The highest BCUT2D eigenvalue weighted by Gasteiger charge is 2.36. The highest BCUT2D eigenvalue weighted by molar-refractivity contribution is 6.00. The van der Waals surface area contributed by atoms with Gasteiger partial charge in [0, 0.05) is 38.3 Å². The third-order valence-corrected chi connectivity index (χ3v) is 5.71. The topological polar surface area (TPSA) is 77.5 Å². The van der Waals surface area contributed by atoms with E-state index in [-0.39, 0.29) is 24.2 Å². The van der Waals surface area contributed by atoms with Crippen LogP contribution in [0.5, 0.6) is 23.0 Å². The first-order chi connectivity index (χ1) is 15.4. The molecule has 8 heteroatoms. The van der Waals surface area contributed by atoms with E-state index >= 15 is 0 Å². The van der Waals surface area contributed by atoms with E-state index < -0.39 is 0 Å². The first-order valence-corrected chi connectivity index (χ1v) is 10.4. The summed E-state index contributed by atoms with van der Waals surface area (Å²) in [6, 6.07) is 11.0. The van der Waals surface area contributed by atoms with Crippen LogP contribution < -0.4 is 23.8 Å². The Hall–Kier alpha value is -3.42. The zero-order chi connectivity index (χ0) is 23.3. The molecule has 0 N–H and O–H groups in total. The summed E-state index contributed by atoms with van der Waals surface area (Å²) in [7, 11) is 8.07. The Morgan fingerprint density at radius 1 is 0.938 bits per heavy atom. The summed E-state index contributed by atoms with van der Waals surface area (Å²) in [6.07, 6.45) is 0.858. The zero-order valence-electron chi connectivity index (χ0n) is 19.2. The summed E-state index contributed by atoms with van der Waals surface area (Å²) in [6.45, 7) is 0.878. The number of amides is 2. The van der Waals surface area contributed by atoms with Gasteiger partial charge in [-0.05, 0) is 36.2 Å². The minimum absolute atomic E-state index is 0.0400. The van der Waals surface area contributed by atoms with Gasteiger partial charge in [-0.25, -0.2) is 0 Å². The van der Waals surface area contributed by atoms with Gasteiger partial charge in [0.15, 0.2) is 23.0 Å². The number of carbonyl (C=O) groups excluding carboxylic acids is 2. The average molecular weight is 443 g/mol. The SMILES string of the molecule is COc1ccc(CCN(C)C(=O)C2CC(=O)N(c3ccc(OC)c(OC)c3)C2)cc1OC. The standard InChI is InChI=1S/C24H30N2O6/c1-25(11-10-16-6-8-19(29-2)21(12-16)31-4)24(28)17-13-23(27)26(15-17)18-7-9-20(30-3)22(14-18)32-5/h6-9,12,14,17H,10-11,13,15H2,1-5H3. The van der Waals surface area contributed by atoms with E-state index in [1.807, 2.05) is 18.2 Å². The van der Waals surface area contributed by atoms with Crippen LogP contribution in [-0.2, 0) is 16.0 Å². The predicted octanol–water partition coefficient (Wildman–Crippen LogP) is 2.78. The Bertz CT molecular complexity index is 977. The number of hydrogen-bond donors (Lipinski definition) is 0. The Balaban J connectivity index is 1.62. The zero-order valence-corrected chi connectivity index (χ0v) is 19.2. The van der Waals surface area contributed by atoms with Crippen LogP contribution in [0, 0.1) is 5.92 Å². The molecule has 0 saturated carbocycles. The smallest absolute Gasteiger partial charge is 0.227 e. The lowest BCUT2D eigenvalue weighted by atomic mass is 10.1. The summed E-state index contributed by atoms with van der Waals surface area (Å²) in [5, 5.41) is 0. The first kappa shape index (κ1) is 23.2. The number of methoxy groups -OCH3 is 4. The van der Waals surface area contributed by atoms with Gasteiger partial charge in [0.05, 0.1) is 34.4 Å². The molecular formula is C24H30N2O6. The first-order valence-electron chi connectivity index (χ1n) is 10.4. The predicted molar refractivity (Wildman–Crippen MR) is 121 cm³/mol. The van der Waals surface area contributed by atoms with Gasteiger partial charge in [-0.15, -0.1) is 0 Å². The molecule has 0 spiro atoms. The second kappa shape index (κ2) is 10.3. The molecule has 0 aliphatic carbocycles. The van der Waals surface area contributed by atoms with Gasteiger partial charge in [-0.3, -0.25) is 9.59 Å². The van der Waals surface area contributed by atoms with E-state index in [1.54, 1.807) is 63.5 Å². The Morgan fingerprint density at radius 3 is 2.16 bits per heavy atom. The molecule has 2 aromatic carbocycles. The Kier molecular flexibility index (Phi) is 7.45. The summed E-state index contributed by atoms with van der Waals surface area (Å²) < 4.78 is 21.2. The van der Waals surface area contributed by atoms with Gasteiger partial charge < -0.3 is 28.7 Å². The molecule has 1 aliphatic heterocycles. The molecule has 0 aromatic heterocycles. The second-order valence-electron chi connectivity index (χ2n) is 7.64. The summed E-state index contributed by atoms with van der Waals surface area (Å²) >= 11 is 0. The molecule has 8 nitrogen and oxygen atoms in total. The fourth-order valence-electron chi connectivity index (χ4n) is 3.87. The Morgan fingerprint density at radius 2 is 1.53 bits per heavy atom. The van der Waals surface area contributed by atoms with Gasteiger partial charge in [0.2, 0.25) is 11.8 Å². The average Bonchev–Trinajstić information content (AvgIpc) is 3.22.